The number of hydrogen-bond acceptors (Lipinski definition) is 4. The molecule has 2 aromatic rings. The first-order valence-corrected chi connectivity index (χ1v) is 9.45. The number of aliphatic hydroxyl groups excluding tert-OH is 1. The standard InChI is InChI=1S/C21H26F3N3O3/c1-3-25-20(26-12-15-4-8-18(29-2)9-5-15)27-13-17(28)14-30-19-10-6-16(7-11-19)21(22,23)24/h4-11,17,28H,3,12-14H2,1-2H3,(H2,25,26,27). The third-order valence-electron chi connectivity index (χ3n) is 4.05. The second-order valence-corrected chi connectivity index (χ2v) is 6.41. The lowest BCUT2D eigenvalue weighted by atomic mass is 10.2. The average molecular weight is 425 g/mol. The van der Waals surface area contributed by atoms with E-state index in [0.717, 1.165) is 23.4 Å². The van der Waals surface area contributed by atoms with Gasteiger partial charge in [0.1, 0.15) is 24.2 Å². The van der Waals surface area contributed by atoms with Gasteiger partial charge in [0.2, 0.25) is 0 Å². The van der Waals surface area contributed by atoms with E-state index in [1.54, 1.807) is 7.11 Å². The SMILES string of the molecule is CCNC(=NCc1ccc(OC)cc1)NCC(O)COc1ccc(C(F)(F)F)cc1. The van der Waals surface area contributed by atoms with Gasteiger partial charge < -0.3 is 25.2 Å². The van der Waals surface area contributed by atoms with E-state index < -0.39 is 17.8 Å². The van der Waals surface area contributed by atoms with Crippen LogP contribution in [0.1, 0.15) is 18.1 Å². The number of hydrogen-bond donors (Lipinski definition) is 3. The molecule has 2 rings (SSSR count). The quantitative estimate of drug-likeness (QED) is 0.425. The van der Waals surface area contributed by atoms with Crippen molar-refractivity contribution in [3.63, 3.8) is 0 Å². The first-order valence-electron chi connectivity index (χ1n) is 9.45. The van der Waals surface area contributed by atoms with Gasteiger partial charge in [-0.25, -0.2) is 4.99 Å². The van der Waals surface area contributed by atoms with E-state index >= 15 is 0 Å². The van der Waals surface area contributed by atoms with Crippen LogP contribution in [0.5, 0.6) is 11.5 Å². The highest BCUT2D eigenvalue weighted by Gasteiger charge is 2.30. The van der Waals surface area contributed by atoms with Crippen LogP contribution in [0.15, 0.2) is 53.5 Å². The van der Waals surface area contributed by atoms with Crippen molar-refractivity contribution in [3.8, 4) is 11.5 Å². The van der Waals surface area contributed by atoms with Crippen LogP contribution in [-0.2, 0) is 12.7 Å². The Labute approximate surface area is 173 Å². The number of aliphatic hydroxyl groups is 1. The molecule has 0 amide bonds. The van der Waals surface area contributed by atoms with Gasteiger partial charge in [0.15, 0.2) is 5.96 Å². The Bertz CT molecular complexity index is 794. The van der Waals surface area contributed by atoms with Crippen molar-refractivity contribution in [3.05, 3.63) is 59.7 Å². The summed E-state index contributed by atoms with van der Waals surface area (Å²) in [6.45, 7) is 3.10. The number of benzene rings is 2. The minimum Gasteiger partial charge on any atom is -0.497 e. The molecule has 6 nitrogen and oxygen atoms in total. The predicted octanol–water partition coefficient (Wildman–Crippen LogP) is 3.21. The van der Waals surface area contributed by atoms with Crippen LogP contribution >= 0.6 is 0 Å². The monoisotopic (exact) mass is 425 g/mol. The number of aliphatic imine (C=N–C) groups is 1. The summed E-state index contributed by atoms with van der Waals surface area (Å²) in [7, 11) is 1.60. The fourth-order valence-electron chi connectivity index (χ4n) is 2.45. The number of nitrogens with one attached hydrogen (secondary N) is 2. The van der Waals surface area contributed by atoms with Gasteiger partial charge in [-0.05, 0) is 48.9 Å². The number of halogens is 3. The van der Waals surface area contributed by atoms with E-state index in [9.17, 15) is 18.3 Å². The van der Waals surface area contributed by atoms with E-state index in [0.29, 0.717) is 19.0 Å². The third kappa shape index (κ3) is 7.82. The molecule has 0 saturated carbocycles. The molecule has 2 aromatic carbocycles. The molecule has 3 N–H and O–H groups in total. The molecule has 0 fully saturated rings. The van der Waals surface area contributed by atoms with Crippen molar-refractivity contribution in [2.24, 2.45) is 4.99 Å². The van der Waals surface area contributed by atoms with Crippen LogP contribution in [0.2, 0.25) is 0 Å². The van der Waals surface area contributed by atoms with Crippen LogP contribution in [0, 0.1) is 0 Å². The second kappa shape index (κ2) is 11.3. The number of rotatable bonds is 9. The zero-order valence-electron chi connectivity index (χ0n) is 16.9. The summed E-state index contributed by atoms with van der Waals surface area (Å²) >= 11 is 0. The van der Waals surface area contributed by atoms with Gasteiger partial charge >= 0.3 is 6.18 Å². The highest BCUT2D eigenvalue weighted by atomic mass is 19.4. The largest absolute Gasteiger partial charge is 0.497 e. The molecule has 0 aliphatic rings. The van der Waals surface area contributed by atoms with Crippen molar-refractivity contribution >= 4 is 5.96 Å². The number of ether oxygens (including phenoxy) is 2. The van der Waals surface area contributed by atoms with E-state index in [-0.39, 0.29) is 18.9 Å². The fraction of sp³-hybridized carbons (Fsp3) is 0.381. The molecule has 0 saturated heterocycles. The first-order chi connectivity index (χ1) is 14.3. The second-order valence-electron chi connectivity index (χ2n) is 6.41. The highest BCUT2D eigenvalue weighted by molar-refractivity contribution is 5.79. The predicted molar refractivity (Wildman–Crippen MR) is 109 cm³/mol. The molecular weight excluding hydrogens is 399 g/mol. The Balaban J connectivity index is 1.81. The Kier molecular flexibility index (Phi) is 8.79. The Morgan fingerprint density at radius 3 is 2.23 bits per heavy atom. The minimum atomic E-state index is -4.39. The third-order valence-corrected chi connectivity index (χ3v) is 4.05. The summed E-state index contributed by atoms with van der Waals surface area (Å²) in [5.74, 6) is 1.55. The highest BCUT2D eigenvalue weighted by Crippen LogP contribution is 2.30. The number of nitrogens with zero attached hydrogens (tertiary/aromatic N) is 1. The van der Waals surface area contributed by atoms with Gasteiger partial charge in [0, 0.05) is 13.1 Å². The van der Waals surface area contributed by atoms with Crippen molar-refractivity contribution in [2.45, 2.75) is 25.7 Å². The van der Waals surface area contributed by atoms with Crippen molar-refractivity contribution in [1.82, 2.24) is 10.6 Å². The van der Waals surface area contributed by atoms with Crippen LogP contribution in [0.4, 0.5) is 13.2 Å². The van der Waals surface area contributed by atoms with Crippen molar-refractivity contribution in [2.75, 3.05) is 26.8 Å². The van der Waals surface area contributed by atoms with Crippen molar-refractivity contribution < 1.29 is 27.8 Å². The smallest absolute Gasteiger partial charge is 0.416 e. The lowest BCUT2D eigenvalue weighted by Crippen LogP contribution is -2.42. The summed E-state index contributed by atoms with van der Waals surface area (Å²) in [4.78, 5) is 4.46. The summed E-state index contributed by atoms with van der Waals surface area (Å²) in [6.07, 6.45) is -5.27. The normalized spacial score (nSPS) is 12.9. The Hall–Kier alpha value is -2.94. The van der Waals surface area contributed by atoms with Crippen LogP contribution in [0.25, 0.3) is 0 Å². The molecule has 9 heteroatoms. The molecule has 0 bridgehead atoms. The lowest BCUT2D eigenvalue weighted by molar-refractivity contribution is -0.137. The first kappa shape index (κ1) is 23.3. The number of methoxy groups -OCH3 is 1. The molecule has 0 aliphatic carbocycles. The van der Waals surface area contributed by atoms with E-state index in [1.807, 2.05) is 31.2 Å². The van der Waals surface area contributed by atoms with Gasteiger partial charge in [-0.3, -0.25) is 0 Å². The zero-order valence-corrected chi connectivity index (χ0v) is 16.9. The van der Waals surface area contributed by atoms with E-state index in [4.69, 9.17) is 9.47 Å². The van der Waals surface area contributed by atoms with E-state index in [1.165, 1.54) is 12.1 Å². The van der Waals surface area contributed by atoms with E-state index in [2.05, 4.69) is 15.6 Å². The average Bonchev–Trinajstić information content (AvgIpc) is 2.74. The molecular formula is C21H26F3N3O3. The summed E-state index contributed by atoms with van der Waals surface area (Å²) in [6, 6.07) is 11.9. The summed E-state index contributed by atoms with van der Waals surface area (Å²) < 4.78 is 48.2. The molecule has 1 unspecified atom stereocenters. The number of guanidine groups is 1. The minimum absolute atomic E-state index is 0.0732. The van der Waals surface area contributed by atoms with Gasteiger partial charge in [0.05, 0.1) is 19.2 Å². The van der Waals surface area contributed by atoms with Crippen LogP contribution < -0.4 is 20.1 Å². The number of alkyl halides is 3. The van der Waals surface area contributed by atoms with Gasteiger partial charge in [-0.15, -0.1) is 0 Å². The maximum atomic E-state index is 12.6. The molecule has 0 heterocycles. The van der Waals surface area contributed by atoms with Crippen LogP contribution in [-0.4, -0.2) is 44.0 Å². The Morgan fingerprint density at radius 1 is 1.03 bits per heavy atom. The lowest BCUT2D eigenvalue weighted by Gasteiger charge is -2.16. The topological polar surface area (TPSA) is 75.1 Å². The maximum absolute atomic E-state index is 12.6. The molecule has 0 radical (unpaired) electrons. The summed E-state index contributed by atoms with van der Waals surface area (Å²) in [5, 5.41) is 16.2. The maximum Gasteiger partial charge on any atom is 0.416 e. The van der Waals surface area contributed by atoms with Crippen LogP contribution in [0.3, 0.4) is 0 Å². The van der Waals surface area contributed by atoms with Gasteiger partial charge in [0.25, 0.3) is 0 Å². The molecule has 1 atom stereocenters. The summed E-state index contributed by atoms with van der Waals surface area (Å²) in [5.41, 5.74) is 0.250. The molecule has 0 aliphatic heterocycles. The van der Waals surface area contributed by atoms with Gasteiger partial charge in [-0.2, -0.15) is 13.2 Å². The molecule has 0 aromatic heterocycles. The zero-order chi connectivity index (χ0) is 22.0. The van der Waals surface area contributed by atoms with Gasteiger partial charge in [-0.1, -0.05) is 12.1 Å². The van der Waals surface area contributed by atoms with Crippen molar-refractivity contribution in [1.29, 1.82) is 0 Å². The molecule has 30 heavy (non-hydrogen) atoms. The molecule has 164 valence electrons. The Morgan fingerprint density at radius 2 is 1.67 bits per heavy atom. The molecule has 0 spiro atoms. The fourth-order valence-corrected chi connectivity index (χ4v) is 2.45.